The van der Waals surface area contributed by atoms with Crippen LogP contribution in [0.25, 0.3) is 10.9 Å². The standard InChI is InChI=1S/C17H23FN2O2.ClH/c1-11(19)10-12-13-4-3-7-20(13)14-5-6-15(17(18)16(12)14)22-9-8-21-2;/h5-6,11H,3-4,7-10,19H2,1-2H3;1H/t11-;/m0./s1. The molecular weight excluding hydrogens is 319 g/mol. The zero-order valence-corrected chi connectivity index (χ0v) is 14.4. The highest BCUT2D eigenvalue weighted by atomic mass is 35.5. The number of nitrogens with zero attached hydrogens (tertiary/aromatic N) is 1. The van der Waals surface area contributed by atoms with Crippen molar-refractivity contribution in [3.8, 4) is 5.75 Å². The molecule has 2 heterocycles. The molecule has 0 aliphatic carbocycles. The number of hydrogen-bond donors (Lipinski definition) is 1. The van der Waals surface area contributed by atoms with Crippen molar-refractivity contribution < 1.29 is 13.9 Å². The number of rotatable bonds is 6. The van der Waals surface area contributed by atoms with Crippen molar-refractivity contribution in [1.29, 1.82) is 0 Å². The fourth-order valence-electron chi connectivity index (χ4n) is 3.35. The molecule has 0 fully saturated rings. The summed E-state index contributed by atoms with van der Waals surface area (Å²) in [5.74, 6) is 0.0194. The van der Waals surface area contributed by atoms with Crippen molar-refractivity contribution in [3.63, 3.8) is 0 Å². The van der Waals surface area contributed by atoms with Crippen molar-refractivity contribution in [2.75, 3.05) is 20.3 Å². The fourth-order valence-corrected chi connectivity index (χ4v) is 3.35. The normalized spacial score (nSPS) is 14.6. The molecule has 0 saturated carbocycles. The van der Waals surface area contributed by atoms with E-state index >= 15 is 0 Å². The summed E-state index contributed by atoms with van der Waals surface area (Å²) in [4.78, 5) is 0. The Labute approximate surface area is 142 Å². The van der Waals surface area contributed by atoms with Gasteiger partial charge in [-0.15, -0.1) is 12.4 Å². The Balaban J connectivity index is 0.00000192. The van der Waals surface area contributed by atoms with E-state index in [1.807, 2.05) is 13.0 Å². The second-order valence-electron chi connectivity index (χ2n) is 5.97. The van der Waals surface area contributed by atoms with E-state index in [9.17, 15) is 4.39 Å². The molecule has 0 saturated heterocycles. The van der Waals surface area contributed by atoms with Crippen molar-refractivity contribution in [2.45, 2.75) is 38.8 Å². The molecule has 1 atom stereocenters. The number of aromatic nitrogens is 1. The minimum Gasteiger partial charge on any atom is -0.488 e. The van der Waals surface area contributed by atoms with Crippen molar-refractivity contribution >= 4 is 23.3 Å². The third-order valence-electron chi connectivity index (χ3n) is 4.22. The van der Waals surface area contributed by atoms with Crippen LogP contribution in [0, 0.1) is 5.82 Å². The molecule has 0 unspecified atom stereocenters. The van der Waals surface area contributed by atoms with E-state index in [0.29, 0.717) is 30.8 Å². The van der Waals surface area contributed by atoms with Crippen LogP contribution in [0.15, 0.2) is 12.1 Å². The molecule has 1 aliphatic rings. The van der Waals surface area contributed by atoms with E-state index in [4.69, 9.17) is 15.2 Å². The quantitative estimate of drug-likeness (QED) is 0.821. The molecule has 0 amide bonds. The predicted octanol–water partition coefficient (Wildman–Crippen LogP) is 3.06. The van der Waals surface area contributed by atoms with Crippen LogP contribution in [0.5, 0.6) is 5.75 Å². The van der Waals surface area contributed by atoms with Gasteiger partial charge in [0.25, 0.3) is 0 Å². The Morgan fingerprint density at radius 3 is 2.83 bits per heavy atom. The van der Waals surface area contributed by atoms with Gasteiger partial charge in [0.05, 0.1) is 12.1 Å². The number of halogens is 2. The minimum absolute atomic E-state index is 0. The summed E-state index contributed by atoms with van der Waals surface area (Å²) in [6, 6.07) is 3.68. The molecule has 3 rings (SSSR count). The van der Waals surface area contributed by atoms with Gasteiger partial charge in [-0.1, -0.05) is 0 Å². The van der Waals surface area contributed by atoms with Gasteiger partial charge in [0.1, 0.15) is 6.61 Å². The molecule has 0 radical (unpaired) electrons. The van der Waals surface area contributed by atoms with Crippen LogP contribution in [0.1, 0.15) is 24.6 Å². The number of ether oxygens (including phenoxy) is 2. The third kappa shape index (κ3) is 3.32. The molecule has 6 heteroatoms. The number of fused-ring (bicyclic) bond motifs is 3. The smallest absolute Gasteiger partial charge is 0.174 e. The average Bonchev–Trinajstić information content (AvgIpc) is 3.04. The zero-order chi connectivity index (χ0) is 15.7. The molecule has 0 spiro atoms. The van der Waals surface area contributed by atoms with Gasteiger partial charge >= 0.3 is 0 Å². The second-order valence-corrected chi connectivity index (χ2v) is 5.97. The molecular formula is C17H24ClFN2O2. The molecule has 4 nitrogen and oxygen atoms in total. The molecule has 23 heavy (non-hydrogen) atoms. The lowest BCUT2D eigenvalue weighted by molar-refractivity contribution is 0.144. The van der Waals surface area contributed by atoms with E-state index in [1.165, 1.54) is 5.69 Å². The summed E-state index contributed by atoms with van der Waals surface area (Å²) in [6.07, 6.45) is 2.80. The lowest BCUT2D eigenvalue weighted by atomic mass is 10.0. The number of benzene rings is 1. The van der Waals surface area contributed by atoms with Crippen molar-refractivity contribution in [1.82, 2.24) is 4.57 Å². The number of nitrogens with two attached hydrogens (primary N) is 1. The van der Waals surface area contributed by atoms with Crippen LogP contribution in [-0.2, 0) is 24.1 Å². The molecule has 128 valence electrons. The molecule has 0 bridgehead atoms. The Hall–Kier alpha value is -1.30. The van der Waals surface area contributed by atoms with E-state index in [2.05, 4.69) is 4.57 Å². The highest BCUT2D eigenvalue weighted by molar-refractivity contribution is 5.88. The Morgan fingerprint density at radius 1 is 1.35 bits per heavy atom. The molecule has 1 aliphatic heterocycles. The molecule has 1 aromatic heterocycles. The zero-order valence-electron chi connectivity index (χ0n) is 13.6. The van der Waals surface area contributed by atoms with Gasteiger partial charge in [0, 0.05) is 30.8 Å². The lowest BCUT2D eigenvalue weighted by Crippen LogP contribution is -2.18. The fraction of sp³-hybridized carbons (Fsp3) is 0.529. The molecule has 1 aromatic carbocycles. The van der Waals surface area contributed by atoms with Gasteiger partial charge in [-0.2, -0.15) is 0 Å². The van der Waals surface area contributed by atoms with E-state index < -0.39 is 0 Å². The van der Waals surface area contributed by atoms with Gasteiger partial charge in [-0.05, 0) is 43.9 Å². The monoisotopic (exact) mass is 342 g/mol. The van der Waals surface area contributed by atoms with Crippen LogP contribution in [0.3, 0.4) is 0 Å². The second kappa shape index (κ2) is 7.51. The molecule has 2 N–H and O–H groups in total. The topological polar surface area (TPSA) is 49.4 Å². The summed E-state index contributed by atoms with van der Waals surface area (Å²) in [5.41, 5.74) is 9.22. The van der Waals surface area contributed by atoms with Crippen LogP contribution in [-0.4, -0.2) is 30.9 Å². The summed E-state index contributed by atoms with van der Waals surface area (Å²) in [6.45, 7) is 3.70. The minimum atomic E-state index is -0.272. The predicted molar refractivity (Wildman–Crippen MR) is 92.2 cm³/mol. The van der Waals surface area contributed by atoms with Gasteiger partial charge in [0.2, 0.25) is 0 Å². The van der Waals surface area contributed by atoms with Gasteiger partial charge < -0.3 is 19.8 Å². The Morgan fingerprint density at radius 2 is 2.13 bits per heavy atom. The highest BCUT2D eigenvalue weighted by Gasteiger charge is 2.25. The van der Waals surface area contributed by atoms with E-state index in [-0.39, 0.29) is 24.3 Å². The number of hydrogen-bond acceptors (Lipinski definition) is 3. The number of aryl methyl sites for hydroxylation is 1. The summed E-state index contributed by atoms with van der Waals surface area (Å²) in [5, 5.41) is 0.682. The summed E-state index contributed by atoms with van der Waals surface area (Å²) >= 11 is 0. The van der Waals surface area contributed by atoms with Crippen LogP contribution in [0.2, 0.25) is 0 Å². The highest BCUT2D eigenvalue weighted by Crippen LogP contribution is 2.37. The summed E-state index contributed by atoms with van der Waals surface area (Å²) in [7, 11) is 1.60. The van der Waals surface area contributed by atoms with Crippen LogP contribution in [0.4, 0.5) is 4.39 Å². The first-order chi connectivity index (χ1) is 10.6. The van der Waals surface area contributed by atoms with E-state index in [1.54, 1.807) is 13.2 Å². The van der Waals surface area contributed by atoms with Crippen molar-refractivity contribution in [3.05, 3.63) is 29.2 Å². The first kappa shape index (κ1) is 18.0. The molecule has 2 aromatic rings. The maximum absolute atomic E-state index is 14.9. The first-order valence-corrected chi connectivity index (χ1v) is 7.83. The Kier molecular flexibility index (Phi) is 5.89. The average molecular weight is 343 g/mol. The van der Waals surface area contributed by atoms with Crippen LogP contribution < -0.4 is 10.5 Å². The van der Waals surface area contributed by atoms with Gasteiger partial charge in [-0.3, -0.25) is 0 Å². The number of methoxy groups -OCH3 is 1. The third-order valence-corrected chi connectivity index (χ3v) is 4.22. The van der Waals surface area contributed by atoms with Gasteiger partial charge in [0.15, 0.2) is 11.6 Å². The largest absolute Gasteiger partial charge is 0.488 e. The first-order valence-electron chi connectivity index (χ1n) is 7.83. The van der Waals surface area contributed by atoms with E-state index in [0.717, 1.165) is 30.5 Å². The maximum Gasteiger partial charge on any atom is 0.174 e. The SMILES string of the molecule is COCCOc1ccc2c(c1F)c(C[C@H](C)N)c1n2CCC1.Cl. The van der Waals surface area contributed by atoms with Crippen LogP contribution >= 0.6 is 12.4 Å². The van der Waals surface area contributed by atoms with Gasteiger partial charge in [-0.25, -0.2) is 4.39 Å². The Bertz CT molecular complexity index is 685. The summed E-state index contributed by atoms with van der Waals surface area (Å²) < 4.78 is 27.6. The maximum atomic E-state index is 14.9. The van der Waals surface area contributed by atoms with Crippen molar-refractivity contribution in [2.24, 2.45) is 5.73 Å². The lowest BCUT2D eigenvalue weighted by Gasteiger charge is -2.10.